The van der Waals surface area contributed by atoms with E-state index in [2.05, 4.69) is 85.8 Å². The molecule has 0 saturated heterocycles. The molecule has 3 aromatic rings. The Labute approximate surface area is 127 Å². The summed E-state index contributed by atoms with van der Waals surface area (Å²) >= 11 is 9.15. The average molecular weight is 382 g/mol. The van der Waals surface area contributed by atoms with Crippen LogP contribution in [0.5, 0.6) is 0 Å². The molecule has 3 rings (SSSR count). The molecule has 1 heterocycles. The van der Waals surface area contributed by atoms with Gasteiger partial charge in [0.1, 0.15) is 0 Å². The SMILES string of the molecule is Brc1ccsc1C(Br)c1ccc2ccccc2c1. The van der Waals surface area contributed by atoms with E-state index >= 15 is 0 Å². The lowest BCUT2D eigenvalue weighted by molar-refractivity contribution is 1.22. The van der Waals surface area contributed by atoms with E-state index in [0.29, 0.717) is 0 Å². The largest absolute Gasteiger partial charge is 0.146 e. The van der Waals surface area contributed by atoms with E-state index in [-0.39, 0.29) is 4.83 Å². The lowest BCUT2D eigenvalue weighted by atomic mass is 10.0. The first-order valence-electron chi connectivity index (χ1n) is 5.61. The Hall–Kier alpha value is -0.640. The first kappa shape index (κ1) is 12.4. The van der Waals surface area contributed by atoms with Crippen LogP contribution in [0.2, 0.25) is 0 Å². The van der Waals surface area contributed by atoms with Crippen molar-refractivity contribution in [2.75, 3.05) is 0 Å². The summed E-state index contributed by atoms with van der Waals surface area (Å²) in [5.41, 5.74) is 1.29. The minimum atomic E-state index is 0.247. The first-order chi connectivity index (χ1) is 8.75. The summed E-state index contributed by atoms with van der Waals surface area (Å²) in [6, 6.07) is 17.2. The van der Waals surface area contributed by atoms with Gasteiger partial charge >= 0.3 is 0 Å². The summed E-state index contributed by atoms with van der Waals surface area (Å²) in [5.74, 6) is 0. The minimum absolute atomic E-state index is 0.247. The van der Waals surface area contributed by atoms with Gasteiger partial charge in [0, 0.05) is 9.35 Å². The van der Waals surface area contributed by atoms with E-state index in [1.54, 1.807) is 11.3 Å². The molecule has 1 aromatic heterocycles. The maximum atomic E-state index is 3.79. The van der Waals surface area contributed by atoms with Crippen LogP contribution in [0.15, 0.2) is 58.4 Å². The monoisotopic (exact) mass is 380 g/mol. The molecule has 0 aliphatic rings. The van der Waals surface area contributed by atoms with Crippen LogP contribution >= 0.6 is 43.2 Å². The third-order valence-electron chi connectivity index (χ3n) is 2.94. The standard InChI is InChI=1S/C15H10Br2S/c16-13-7-8-18-15(13)14(17)12-6-5-10-3-1-2-4-11(10)9-12/h1-9,14H. The molecular formula is C15H10Br2S. The number of fused-ring (bicyclic) bond motifs is 1. The minimum Gasteiger partial charge on any atom is -0.146 e. The van der Waals surface area contributed by atoms with Crippen molar-refractivity contribution in [3.63, 3.8) is 0 Å². The van der Waals surface area contributed by atoms with Gasteiger partial charge in [-0.2, -0.15) is 0 Å². The van der Waals surface area contributed by atoms with Crippen LogP contribution in [0.4, 0.5) is 0 Å². The van der Waals surface area contributed by atoms with E-state index in [9.17, 15) is 0 Å². The van der Waals surface area contributed by atoms with Gasteiger partial charge in [0.25, 0.3) is 0 Å². The van der Waals surface area contributed by atoms with E-state index < -0.39 is 0 Å². The number of alkyl halides is 1. The van der Waals surface area contributed by atoms with Crippen LogP contribution in [-0.2, 0) is 0 Å². The van der Waals surface area contributed by atoms with Crippen LogP contribution in [-0.4, -0.2) is 0 Å². The molecule has 18 heavy (non-hydrogen) atoms. The number of benzene rings is 2. The summed E-state index contributed by atoms with van der Waals surface area (Å²) in [6.07, 6.45) is 0. The van der Waals surface area contributed by atoms with E-state index in [0.717, 1.165) is 0 Å². The second-order valence-corrected chi connectivity index (χ2v) is 6.82. The predicted molar refractivity (Wildman–Crippen MR) is 86.7 cm³/mol. The van der Waals surface area contributed by atoms with Crippen molar-refractivity contribution < 1.29 is 0 Å². The maximum Gasteiger partial charge on any atom is 0.0749 e. The number of hydrogen-bond donors (Lipinski definition) is 0. The molecule has 0 N–H and O–H groups in total. The zero-order valence-electron chi connectivity index (χ0n) is 9.44. The number of thiophene rings is 1. The Morgan fingerprint density at radius 2 is 1.72 bits per heavy atom. The highest BCUT2D eigenvalue weighted by Gasteiger charge is 2.15. The highest BCUT2D eigenvalue weighted by Crippen LogP contribution is 2.39. The number of hydrogen-bond acceptors (Lipinski definition) is 1. The predicted octanol–water partition coefficient (Wildman–Crippen LogP) is 6.15. The quantitative estimate of drug-likeness (QED) is 0.467. The van der Waals surface area contributed by atoms with Crippen molar-refractivity contribution in [3.8, 4) is 0 Å². The van der Waals surface area contributed by atoms with Crippen molar-refractivity contribution in [1.82, 2.24) is 0 Å². The maximum absolute atomic E-state index is 3.79. The van der Waals surface area contributed by atoms with Gasteiger partial charge in [-0.15, -0.1) is 11.3 Å². The average Bonchev–Trinajstić information content (AvgIpc) is 2.83. The molecule has 0 aliphatic heterocycles. The molecule has 0 saturated carbocycles. The molecular weight excluding hydrogens is 372 g/mol. The van der Waals surface area contributed by atoms with Crippen LogP contribution in [0, 0.1) is 0 Å². The van der Waals surface area contributed by atoms with Crippen molar-refractivity contribution >= 4 is 54.0 Å². The summed E-state index contributed by atoms with van der Waals surface area (Å²) in [6.45, 7) is 0. The van der Waals surface area contributed by atoms with Gasteiger partial charge in [-0.1, -0.05) is 52.3 Å². The van der Waals surface area contributed by atoms with Gasteiger partial charge in [0.05, 0.1) is 4.83 Å². The summed E-state index contributed by atoms with van der Waals surface area (Å²) < 4.78 is 1.17. The van der Waals surface area contributed by atoms with Gasteiger partial charge in [0.15, 0.2) is 0 Å². The zero-order valence-corrected chi connectivity index (χ0v) is 13.4. The molecule has 1 atom stereocenters. The first-order valence-corrected chi connectivity index (χ1v) is 8.20. The van der Waals surface area contributed by atoms with E-state index in [1.165, 1.54) is 25.7 Å². The van der Waals surface area contributed by atoms with Crippen molar-refractivity contribution in [3.05, 3.63) is 68.8 Å². The van der Waals surface area contributed by atoms with Gasteiger partial charge in [-0.3, -0.25) is 0 Å². The van der Waals surface area contributed by atoms with Crippen molar-refractivity contribution in [2.24, 2.45) is 0 Å². The van der Waals surface area contributed by atoms with Crippen molar-refractivity contribution in [2.45, 2.75) is 4.83 Å². The number of rotatable bonds is 2. The Morgan fingerprint density at radius 1 is 0.944 bits per heavy atom. The highest BCUT2D eigenvalue weighted by atomic mass is 79.9. The normalized spacial score (nSPS) is 12.8. The third-order valence-corrected chi connectivity index (χ3v) is 6.17. The summed E-state index contributed by atoms with van der Waals surface area (Å²) in [4.78, 5) is 1.56. The Morgan fingerprint density at radius 3 is 2.44 bits per heavy atom. The van der Waals surface area contributed by atoms with Crippen LogP contribution in [0.1, 0.15) is 15.3 Å². The summed E-state index contributed by atoms with van der Waals surface area (Å²) in [5, 5.41) is 4.67. The van der Waals surface area contributed by atoms with E-state index in [1.807, 2.05) is 0 Å². The van der Waals surface area contributed by atoms with Crippen LogP contribution in [0.3, 0.4) is 0 Å². The fraction of sp³-hybridized carbons (Fsp3) is 0.0667. The van der Waals surface area contributed by atoms with Crippen LogP contribution in [0.25, 0.3) is 10.8 Å². The smallest absolute Gasteiger partial charge is 0.0749 e. The fourth-order valence-corrected chi connectivity index (χ4v) is 4.77. The van der Waals surface area contributed by atoms with Gasteiger partial charge in [-0.25, -0.2) is 0 Å². The molecule has 0 bridgehead atoms. The lowest BCUT2D eigenvalue weighted by Gasteiger charge is -2.10. The molecule has 0 radical (unpaired) electrons. The van der Waals surface area contributed by atoms with Gasteiger partial charge in [0.2, 0.25) is 0 Å². The van der Waals surface area contributed by atoms with Crippen LogP contribution < -0.4 is 0 Å². The zero-order chi connectivity index (χ0) is 12.5. The molecule has 1 unspecified atom stereocenters. The molecule has 0 amide bonds. The number of halogens is 2. The third kappa shape index (κ3) is 2.27. The molecule has 3 heteroatoms. The molecule has 2 aromatic carbocycles. The Balaban J connectivity index is 2.07. The topological polar surface area (TPSA) is 0 Å². The van der Waals surface area contributed by atoms with Crippen molar-refractivity contribution in [1.29, 1.82) is 0 Å². The molecule has 0 aliphatic carbocycles. The highest BCUT2D eigenvalue weighted by molar-refractivity contribution is 9.11. The second-order valence-electron chi connectivity index (χ2n) is 4.10. The van der Waals surface area contributed by atoms with Gasteiger partial charge in [-0.05, 0) is 49.8 Å². The molecule has 0 fully saturated rings. The fourth-order valence-electron chi connectivity index (χ4n) is 2.00. The Bertz CT molecular complexity index is 688. The molecule has 0 spiro atoms. The Kier molecular flexibility index (Phi) is 3.55. The summed E-state index contributed by atoms with van der Waals surface area (Å²) in [7, 11) is 0. The van der Waals surface area contributed by atoms with Gasteiger partial charge < -0.3 is 0 Å². The van der Waals surface area contributed by atoms with E-state index in [4.69, 9.17) is 0 Å². The molecule has 90 valence electrons. The second kappa shape index (κ2) is 5.16. The molecule has 0 nitrogen and oxygen atoms in total. The lowest BCUT2D eigenvalue weighted by Crippen LogP contribution is -1.90.